The molecule has 1 N–H and O–H groups in total. The molecular weight excluding hydrogens is 392 g/mol. The number of ether oxygens (including phenoxy) is 1. The van der Waals surface area contributed by atoms with E-state index in [0.29, 0.717) is 11.6 Å². The normalized spacial score (nSPS) is 16.1. The SMILES string of the molecule is CCn1cnnc1CC1CCN(C(=O)c2[nH]nc3c2CCc2cc(OC)ccc2-3)CC1. The molecule has 2 aromatic heterocycles. The summed E-state index contributed by atoms with van der Waals surface area (Å²) in [5.41, 5.74) is 4.91. The zero-order chi connectivity index (χ0) is 21.4. The molecule has 3 heterocycles. The third-order valence-electron chi connectivity index (χ3n) is 6.70. The van der Waals surface area contributed by atoms with Crippen molar-refractivity contribution in [3.05, 3.63) is 47.2 Å². The molecular formula is C23H28N6O2. The smallest absolute Gasteiger partial charge is 0.272 e. The average Bonchev–Trinajstić information content (AvgIpc) is 3.45. The highest BCUT2D eigenvalue weighted by molar-refractivity contribution is 5.96. The lowest BCUT2D eigenvalue weighted by Gasteiger charge is -2.32. The number of carbonyl (C=O) groups is 1. The van der Waals surface area contributed by atoms with Gasteiger partial charge in [0.1, 0.15) is 23.6 Å². The number of hydrogen-bond acceptors (Lipinski definition) is 5. The van der Waals surface area contributed by atoms with Crippen LogP contribution in [0.2, 0.25) is 0 Å². The van der Waals surface area contributed by atoms with E-state index >= 15 is 0 Å². The second-order valence-corrected chi connectivity index (χ2v) is 8.42. The monoisotopic (exact) mass is 420 g/mol. The minimum atomic E-state index is 0.0703. The Balaban J connectivity index is 1.27. The number of piperidine rings is 1. The molecule has 0 radical (unpaired) electrons. The van der Waals surface area contributed by atoms with E-state index in [0.717, 1.165) is 80.1 Å². The molecule has 31 heavy (non-hydrogen) atoms. The maximum Gasteiger partial charge on any atom is 0.272 e. The average molecular weight is 421 g/mol. The van der Waals surface area contributed by atoms with Crippen molar-refractivity contribution in [2.75, 3.05) is 20.2 Å². The van der Waals surface area contributed by atoms with Crippen molar-refractivity contribution in [3.8, 4) is 17.0 Å². The number of aryl methyl sites for hydroxylation is 2. The summed E-state index contributed by atoms with van der Waals surface area (Å²) >= 11 is 0. The van der Waals surface area contributed by atoms with Crippen LogP contribution in [0.1, 0.15) is 47.2 Å². The van der Waals surface area contributed by atoms with Gasteiger partial charge in [-0.05, 0) is 62.3 Å². The maximum atomic E-state index is 13.3. The third kappa shape index (κ3) is 3.60. The molecule has 2 aliphatic rings. The number of aromatic nitrogens is 5. The van der Waals surface area contributed by atoms with Crippen LogP contribution in [0.5, 0.6) is 5.75 Å². The summed E-state index contributed by atoms with van der Waals surface area (Å²) < 4.78 is 7.45. The molecule has 1 fully saturated rings. The fraction of sp³-hybridized carbons (Fsp3) is 0.478. The summed E-state index contributed by atoms with van der Waals surface area (Å²) in [5, 5.41) is 15.9. The van der Waals surface area contributed by atoms with Gasteiger partial charge < -0.3 is 14.2 Å². The van der Waals surface area contributed by atoms with Crippen LogP contribution < -0.4 is 4.74 Å². The number of aromatic amines is 1. The fourth-order valence-electron chi connectivity index (χ4n) is 4.86. The van der Waals surface area contributed by atoms with Crippen LogP contribution in [0, 0.1) is 5.92 Å². The van der Waals surface area contributed by atoms with Gasteiger partial charge in [0, 0.05) is 37.2 Å². The van der Waals surface area contributed by atoms with E-state index in [1.165, 1.54) is 5.56 Å². The Morgan fingerprint density at radius 3 is 2.87 bits per heavy atom. The first-order valence-electron chi connectivity index (χ1n) is 11.1. The lowest BCUT2D eigenvalue weighted by molar-refractivity contribution is 0.0682. The molecule has 1 saturated heterocycles. The number of hydrogen-bond donors (Lipinski definition) is 1. The summed E-state index contributed by atoms with van der Waals surface area (Å²) in [7, 11) is 1.68. The Morgan fingerprint density at radius 1 is 1.26 bits per heavy atom. The van der Waals surface area contributed by atoms with Crippen LogP contribution in [0.3, 0.4) is 0 Å². The molecule has 1 amide bonds. The minimum absolute atomic E-state index is 0.0703. The van der Waals surface area contributed by atoms with Gasteiger partial charge in [0.25, 0.3) is 5.91 Å². The van der Waals surface area contributed by atoms with Crippen LogP contribution in [0.15, 0.2) is 24.5 Å². The number of nitrogens with one attached hydrogen (secondary N) is 1. The molecule has 0 unspecified atom stereocenters. The maximum absolute atomic E-state index is 13.3. The van der Waals surface area contributed by atoms with Gasteiger partial charge in [0.15, 0.2) is 0 Å². The second kappa shape index (κ2) is 8.17. The Bertz CT molecular complexity index is 1090. The van der Waals surface area contributed by atoms with E-state index in [1.807, 2.05) is 17.0 Å². The van der Waals surface area contributed by atoms with Crippen LogP contribution in [0.4, 0.5) is 0 Å². The topological polar surface area (TPSA) is 88.9 Å². The van der Waals surface area contributed by atoms with E-state index in [2.05, 4.69) is 38.0 Å². The highest BCUT2D eigenvalue weighted by Gasteiger charge is 2.30. The van der Waals surface area contributed by atoms with Gasteiger partial charge in [0.2, 0.25) is 0 Å². The summed E-state index contributed by atoms with van der Waals surface area (Å²) in [6.45, 7) is 4.53. The van der Waals surface area contributed by atoms with Gasteiger partial charge >= 0.3 is 0 Å². The molecule has 8 nitrogen and oxygen atoms in total. The Morgan fingerprint density at radius 2 is 2.10 bits per heavy atom. The number of carbonyl (C=O) groups excluding carboxylic acids is 1. The second-order valence-electron chi connectivity index (χ2n) is 8.42. The molecule has 1 aromatic carbocycles. The van der Waals surface area contributed by atoms with Gasteiger partial charge in [-0.25, -0.2) is 0 Å². The van der Waals surface area contributed by atoms with Crippen molar-refractivity contribution in [1.29, 1.82) is 0 Å². The largest absolute Gasteiger partial charge is 0.497 e. The zero-order valence-electron chi connectivity index (χ0n) is 18.1. The van der Waals surface area contributed by atoms with Crippen molar-refractivity contribution >= 4 is 5.91 Å². The lowest BCUT2D eigenvalue weighted by atomic mass is 9.88. The first-order chi connectivity index (χ1) is 15.2. The molecule has 0 saturated carbocycles. The molecule has 0 atom stereocenters. The molecule has 3 aromatic rings. The molecule has 0 bridgehead atoms. The van der Waals surface area contributed by atoms with Gasteiger partial charge in [-0.2, -0.15) is 5.10 Å². The number of methoxy groups -OCH3 is 1. The first kappa shape index (κ1) is 19.8. The van der Waals surface area contributed by atoms with Crippen LogP contribution in [0.25, 0.3) is 11.3 Å². The highest BCUT2D eigenvalue weighted by Crippen LogP contribution is 2.36. The minimum Gasteiger partial charge on any atom is -0.497 e. The van der Waals surface area contributed by atoms with Gasteiger partial charge in [-0.1, -0.05) is 0 Å². The van der Waals surface area contributed by atoms with Crippen molar-refractivity contribution < 1.29 is 9.53 Å². The number of likely N-dealkylation sites (tertiary alicyclic amines) is 1. The van der Waals surface area contributed by atoms with Gasteiger partial charge in [-0.3, -0.25) is 9.89 Å². The van der Waals surface area contributed by atoms with Crippen LogP contribution in [-0.4, -0.2) is 56.0 Å². The van der Waals surface area contributed by atoms with Crippen molar-refractivity contribution in [2.45, 2.75) is 45.6 Å². The number of amides is 1. The highest BCUT2D eigenvalue weighted by atomic mass is 16.5. The van der Waals surface area contributed by atoms with Gasteiger partial charge in [-0.15, -0.1) is 10.2 Å². The number of rotatable bonds is 5. The Hall–Kier alpha value is -3.16. The molecule has 0 spiro atoms. The van der Waals surface area contributed by atoms with Gasteiger partial charge in [0.05, 0.1) is 12.8 Å². The zero-order valence-corrected chi connectivity index (χ0v) is 18.1. The van der Waals surface area contributed by atoms with E-state index < -0.39 is 0 Å². The fourth-order valence-corrected chi connectivity index (χ4v) is 4.86. The van der Waals surface area contributed by atoms with E-state index in [9.17, 15) is 4.79 Å². The molecule has 5 rings (SSSR count). The Labute approximate surface area is 181 Å². The van der Waals surface area contributed by atoms with Crippen molar-refractivity contribution in [3.63, 3.8) is 0 Å². The number of H-pyrrole nitrogens is 1. The van der Waals surface area contributed by atoms with Crippen LogP contribution >= 0.6 is 0 Å². The van der Waals surface area contributed by atoms with Crippen LogP contribution in [-0.2, 0) is 25.8 Å². The molecule has 162 valence electrons. The number of benzene rings is 1. The number of nitrogens with zero attached hydrogens (tertiary/aromatic N) is 5. The predicted octanol–water partition coefficient (Wildman–Crippen LogP) is 2.89. The molecule has 8 heteroatoms. The Kier molecular flexibility index (Phi) is 5.21. The summed E-state index contributed by atoms with van der Waals surface area (Å²) in [6, 6.07) is 6.06. The van der Waals surface area contributed by atoms with E-state index in [-0.39, 0.29) is 5.91 Å². The van der Waals surface area contributed by atoms with Crippen molar-refractivity contribution in [2.24, 2.45) is 5.92 Å². The molecule has 1 aliphatic heterocycles. The lowest BCUT2D eigenvalue weighted by Crippen LogP contribution is -2.39. The standard InChI is InChI=1S/C23H28N6O2/c1-3-28-14-24-25-20(28)12-15-8-10-29(11-9-15)23(30)22-19-6-4-16-13-17(31-2)5-7-18(16)21(19)26-27-22/h5,7,13-15H,3-4,6,8-12H2,1-2H3,(H,26,27). The predicted molar refractivity (Wildman–Crippen MR) is 116 cm³/mol. The summed E-state index contributed by atoms with van der Waals surface area (Å²) in [6.07, 6.45) is 6.40. The molecule has 1 aliphatic carbocycles. The summed E-state index contributed by atoms with van der Waals surface area (Å²) in [4.78, 5) is 15.2. The third-order valence-corrected chi connectivity index (χ3v) is 6.70. The van der Waals surface area contributed by atoms with E-state index in [4.69, 9.17) is 4.74 Å². The van der Waals surface area contributed by atoms with E-state index in [1.54, 1.807) is 13.4 Å². The summed E-state index contributed by atoms with van der Waals surface area (Å²) in [5.74, 6) is 2.51. The quantitative estimate of drug-likeness (QED) is 0.686. The van der Waals surface area contributed by atoms with Crippen molar-refractivity contribution in [1.82, 2.24) is 29.9 Å². The number of fused-ring (bicyclic) bond motifs is 3. The first-order valence-corrected chi connectivity index (χ1v) is 11.1.